The van der Waals surface area contributed by atoms with Crippen LogP contribution in [0.3, 0.4) is 0 Å². The predicted molar refractivity (Wildman–Crippen MR) is 74.4 cm³/mol. The van der Waals surface area contributed by atoms with E-state index < -0.39 is 0 Å². The van der Waals surface area contributed by atoms with Crippen molar-refractivity contribution in [2.75, 3.05) is 6.61 Å². The van der Waals surface area contributed by atoms with Gasteiger partial charge in [-0.05, 0) is 19.1 Å². The van der Waals surface area contributed by atoms with Crippen LogP contribution in [0.25, 0.3) is 22.2 Å². The van der Waals surface area contributed by atoms with Gasteiger partial charge in [0.2, 0.25) is 0 Å². The van der Waals surface area contributed by atoms with Crippen LogP contribution in [0.5, 0.6) is 0 Å². The van der Waals surface area contributed by atoms with Crippen molar-refractivity contribution in [1.29, 1.82) is 0 Å². The molecule has 0 spiro atoms. The van der Waals surface area contributed by atoms with E-state index in [0.717, 1.165) is 22.2 Å². The molecule has 3 heterocycles. The van der Waals surface area contributed by atoms with Gasteiger partial charge in [0.15, 0.2) is 0 Å². The molecule has 0 fully saturated rings. The zero-order valence-electron chi connectivity index (χ0n) is 11.3. The van der Waals surface area contributed by atoms with Crippen molar-refractivity contribution >= 4 is 17.0 Å². The Morgan fingerprint density at radius 3 is 3.05 bits per heavy atom. The summed E-state index contributed by atoms with van der Waals surface area (Å²) < 4.78 is 12.1. The number of fused-ring (bicyclic) bond motifs is 1. The van der Waals surface area contributed by atoms with E-state index in [1.54, 1.807) is 25.6 Å². The summed E-state index contributed by atoms with van der Waals surface area (Å²) in [6.07, 6.45) is 6.81. The molecule has 0 amide bonds. The van der Waals surface area contributed by atoms with Crippen LogP contribution in [0.1, 0.15) is 17.3 Å². The summed E-state index contributed by atoms with van der Waals surface area (Å²) in [7, 11) is 1.92. The van der Waals surface area contributed by atoms with Gasteiger partial charge in [0.1, 0.15) is 5.65 Å². The van der Waals surface area contributed by atoms with Crippen molar-refractivity contribution in [2.24, 2.45) is 7.05 Å². The van der Waals surface area contributed by atoms with Gasteiger partial charge in [-0.1, -0.05) is 0 Å². The van der Waals surface area contributed by atoms with E-state index in [0.29, 0.717) is 12.2 Å². The summed E-state index contributed by atoms with van der Waals surface area (Å²) in [6.45, 7) is 2.13. The number of hydrogen-bond acceptors (Lipinski definition) is 4. The first-order valence-electron chi connectivity index (χ1n) is 6.35. The molecule has 0 unspecified atom stereocenters. The molecule has 3 aromatic rings. The third-order valence-electron chi connectivity index (χ3n) is 3.16. The number of pyridine rings is 1. The molecule has 0 saturated heterocycles. The van der Waals surface area contributed by atoms with E-state index in [2.05, 4.69) is 4.98 Å². The zero-order chi connectivity index (χ0) is 14.1. The van der Waals surface area contributed by atoms with E-state index >= 15 is 0 Å². The molecule has 0 aliphatic heterocycles. The Bertz CT molecular complexity index is 757. The maximum Gasteiger partial charge on any atom is 0.339 e. The average molecular weight is 270 g/mol. The highest BCUT2D eigenvalue weighted by Crippen LogP contribution is 2.30. The fraction of sp³-hybridized carbons (Fsp3) is 0.200. The molecule has 5 nitrogen and oxygen atoms in total. The summed E-state index contributed by atoms with van der Waals surface area (Å²) in [5.41, 5.74) is 3.21. The van der Waals surface area contributed by atoms with Gasteiger partial charge in [0.25, 0.3) is 0 Å². The summed E-state index contributed by atoms with van der Waals surface area (Å²) in [5.74, 6) is -0.358. The highest BCUT2D eigenvalue weighted by atomic mass is 16.5. The van der Waals surface area contributed by atoms with Crippen molar-refractivity contribution in [1.82, 2.24) is 9.55 Å². The van der Waals surface area contributed by atoms with Crippen LogP contribution in [-0.4, -0.2) is 22.1 Å². The standard InChI is InChI=1S/C15H14N2O3/c1-3-20-15(18)11-6-12-13(10-4-5-19-9-10)8-17(2)14(12)16-7-11/h4-9H,3H2,1-2H3. The number of furan rings is 1. The monoisotopic (exact) mass is 270 g/mol. The molecule has 0 N–H and O–H groups in total. The van der Waals surface area contributed by atoms with Crippen LogP contribution < -0.4 is 0 Å². The molecule has 0 saturated carbocycles. The molecule has 0 aliphatic carbocycles. The normalized spacial score (nSPS) is 10.9. The molecule has 0 radical (unpaired) electrons. The van der Waals surface area contributed by atoms with Crippen LogP contribution in [0.4, 0.5) is 0 Å². The van der Waals surface area contributed by atoms with Gasteiger partial charge in [-0.3, -0.25) is 0 Å². The molecule has 102 valence electrons. The van der Waals surface area contributed by atoms with E-state index in [9.17, 15) is 4.79 Å². The first-order chi connectivity index (χ1) is 9.70. The van der Waals surface area contributed by atoms with Crippen molar-refractivity contribution < 1.29 is 13.9 Å². The Labute approximate surface area is 115 Å². The number of rotatable bonds is 3. The van der Waals surface area contributed by atoms with Crippen molar-refractivity contribution in [3.05, 3.63) is 42.6 Å². The van der Waals surface area contributed by atoms with Crippen LogP contribution in [-0.2, 0) is 11.8 Å². The molecular formula is C15H14N2O3. The highest BCUT2D eigenvalue weighted by Gasteiger charge is 2.14. The van der Waals surface area contributed by atoms with Gasteiger partial charge in [0, 0.05) is 36.0 Å². The number of nitrogens with zero attached hydrogens (tertiary/aromatic N) is 2. The van der Waals surface area contributed by atoms with Gasteiger partial charge in [-0.2, -0.15) is 0 Å². The molecule has 0 atom stereocenters. The maximum absolute atomic E-state index is 11.8. The van der Waals surface area contributed by atoms with Gasteiger partial charge < -0.3 is 13.7 Å². The zero-order valence-corrected chi connectivity index (χ0v) is 11.3. The smallest absolute Gasteiger partial charge is 0.339 e. The van der Waals surface area contributed by atoms with Gasteiger partial charge in [-0.15, -0.1) is 0 Å². The molecular weight excluding hydrogens is 256 g/mol. The predicted octanol–water partition coefficient (Wildman–Crippen LogP) is 3.01. The minimum atomic E-state index is -0.358. The van der Waals surface area contributed by atoms with Crippen LogP contribution in [0, 0.1) is 0 Å². The highest BCUT2D eigenvalue weighted by molar-refractivity contribution is 5.99. The average Bonchev–Trinajstić information content (AvgIpc) is 3.07. The minimum absolute atomic E-state index is 0.347. The summed E-state index contributed by atoms with van der Waals surface area (Å²) in [4.78, 5) is 16.2. The Kier molecular flexibility index (Phi) is 3.02. The quantitative estimate of drug-likeness (QED) is 0.686. The Morgan fingerprint density at radius 1 is 1.50 bits per heavy atom. The summed E-state index contributed by atoms with van der Waals surface area (Å²) in [6, 6.07) is 3.69. The van der Waals surface area contributed by atoms with Crippen LogP contribution in [0.2, 0.25) is 0 Å². The van der Waals surface area contributed by atoms with Gasteiger partial charge in [0.05, 0.1) is 24.7 Å². The van der Waals surface area contributed by atoms with Crippen molar-refractivity contribution in [3.63, 3.8) is 0 Å². The van der Waals surface area contributed by atoms with Crippen molar-refractivity contribution in [3.8, 4) is 11.1 Å². The van der Waals surface area contributed by atoms with Gasteiger partial charge in [-0.25, -0.2) is 9.78 Å². The second-order valence-corrected chi connectivity index (χ2v) is 4.48. The SMILES string of the molecule is CCOC(=O)c1cnc2c(c1)c(-c1ccoc1)cn2C. The third kappa shape index (κ3) is 1.97. The largest absolute Gasteiger partial charge is 0.472 e. The Hall–Kier alpha value is -2.56. The first-order valence-corrected chi connectivity index (χ1v) is 6.35. The fourth-order valence-electron chi connectivity index (χ4n) is 2.23. The molecule has 5 heteroatoms. The number of hydrogen-bond donors (Lipinski definition) is 0. The molecule has 20 heavy (non-hydrogen) atoms. The number of carbonyl (C=O) groups excluding carboxylic acids is 1. The lowest BCUT2D eigenvalue weighted by atomic mass is 10.1. The summed E-state index contributed by atoms with van der Waals surface area (Å²) in [5, 5.41) is 0.902. The lowest BCUT2D eigenvalue weighted by molar-refractivity contribution is 0.0526. The van der Waals surface area contributed by atoms with E-state index in [1.807, 2.05) is 29.9 Å². The lowest BCUT2D eigenvalue weighted by Crippen LogP contribution is -2.05. The number of ether oxygens (including phenoxy) is 1. The lowest BCUT2D eigenvalue weighted by Gasteiger charge is -2.02. The van der Waals surface area contributed by atoms with Crippen LogP contribution >= 0.6 is 0 Å². The molecule has 3 aromatic heterocycles. The van der Waals surface area contributed by atoms with E-state index in [4.69, 9.17) is 9.15 Å². The second-order valence-electron chi connectivity index (χ2n) is 4.48. The topological polar surface area (TPSA) is 57.3 Å². The Balaban J connectivity index is 2.17. The van der Waals surface area contributed by atoms with E-state index in [1.165, 1.54) is 0 Å². The van der Waals surface area contributed by atoms with E-state index in [-0.39, 0.29) is 5.97 Å². The number of aryl methyl sites for hydroxylation is 1. The number of esters is 1. The second kappa shape index (κ2) is 4.85. The number of carbonyl (C=O) groups is 1. The molecule has 3 rings (SSSR count). The van der Waals surface area contributed by atoms with Crippen LogP contribution in [0.15, 0.2) is 41.5 Å². The maximum atomic E-state index is 11.8. The fourth-order valence-corrected chi connectivity index (χ4v) is 2.23. The molecule has 0 aromatic carbocycles. The summed E-state index contributed by atoms with van der Waals surface area (Å²) >= 11 is 0. The molecule has 0 aliphatic rings. The Morgan fingerprint density at radius 2 is 2.35 bits per heavy atom. The van der Waals surface area contributed by atoms with Gasteiger partial charge >= 0.3 is 5.97 Å². The van der Waals surface area contributed by atoms with Crippen molar-refractivity contribution in [2.45, 2.75) is 6.92 Å². The third-order valence-corrected chi connectivity index (χ3v) is 3.16. The molecule has 0 bridgehead atoms. The first kappa shape index (κ1) is 12.5. The minimum Gasteiger partial charge on any atom is -0.472 e. The number of aromatic nitrogens is 2.